The second-order valence-corrected chi connectivity index (χ2v) is 5.65. The first-order valence-corrected chi connectivity index (χ1v) is 7.11. The molecule has 0 radical (unpaired) electrons. The van der Waals surface area contributed by atoms with Crippen molar-refractivity contribution in [2.75, 3.05) is 33.9 Å². The van der Waals surface area contributed by atoms with Crippen molar-refractivity contribution in [1.29, 1.82) is 0 Å². The van der Waals surface area contributed by atoms with E-state index in [0.29, 0.717) is 26.1 Å². The lowest BCUT2D eigenvalue weighted by Gasteiger charge is -2.21. The van der Waals surface area contributed by atoms with Gasteiger partial charge in [0.05, 0.1) is 18.8 Å². The molecular weight excluding hydrogens is 310 g/mol. The molecule has 108 valence electrons. The number of rotatable bonds is 8. The summed E-state index contributed by atoms with van der Waals surface area (Å²) in [5, 5.41) is 19.7. The van der Waals surface area contributed by atoms with E-state index in [2.05, 4.69) is 15.9 Å². The van der Waals surface area contributed by atoms with Crippen LogP contribution in [0.25, 0.3) is 0 Å². The Labute approximate surface area is 123 Å². The fourth-order valence-electron chi connectivity index (χ4n) is 1.92. The van der Waals surface area contributed by atoms with Gasteiger partial charge in [-0.1, -0.05) is 28.1 Å². The molecule has 0 aliphatic rings. The first-order valence-electron chi connectivity index (χ1n) is 6.32. The van der Waals surface area contributed by atoms with Crippen LogP contribution in [-0.2, 0) is 4.74 Å². The quantitative estimate of drug-likeness (QED) is 0.762. The number of aliphatic hydroxyl groups is 2. The van der Waals surface area contributed by atoms with E-state index in [4.69, 9.17) is 4.74 Å². The summed E-state index contributed by atoms with van der Waals surface area (Å²) in [6.45, 7) is 1.59. The molecule has 1 aromatic carbocycles. The summed E-state index contributed by atoms with van der Waals surface area (Å²) in [5.41, 5.74) is 0.903. The first kappa shape index (κ1) is 16.6. The van der Waals surface area contributed by atoms with Crippen LogP contribution in [-0.4, -0.2) is 55.1 Å². The van der Waals surface area contributed by atoms with Gasteiger partial charge < -0.3 is 19.8 Å². The van der Waals surface area contributed by atoms with Crippen molar-refractivity contribution < 1.29 is 14.9 Å². The molecule has 0 heterocycles. The Morgan fingerprint density at radius 3 is 2.74 bits per heavy atom. The van der Waals surface area contributed by atoms with Crippen molar-refractivity contribution in [1.82, 2.24) is 4.90 Å². The summed E-state index contributed by atoms with van der Waals surface area (Å²) in [7, 11) is 3.49. The van der Waals surface area contributed by atoms with Gasteiger partial charge in [0.15, 0.2) is 0 Å². The van der Waals surface area contributed by atoms with E-state index >= 15 is 0 Å². The van der Waals surface area contributed by atoms with Crippen LogP contribution in [0.3, 0.4) is 0 Å². The molecule has 4 nitrogen and oxygen atoms in total. The maximum atomic E-state index is 10.1. The zero-order chi connectivity index (χ0) is 14.3. The smallest absolute Gasteiger partial charge is 0.0899 e. The fraction of sp³-hybridized carbons (Fsp3) is 0.571. The van der Waals surface area contributed by atoms with Crippen LogP contribution < -0.4 is 0 Å². The summed E-state index contributed by atoms with van der Waals surface area (Å²) in [4.78, 5) is 1.99. The molecule has 0 saturated carbocycles. The molecule has 0 saturated heterocycles. The maximum absolute atomic E-state index is 10.1. The maximum Gasteiger partial charge on any atom is 0.0899 e. The molecule has 1 aromatic rings. The van der Waals surface area contributed by atoms with E-state index in [-0.39, 0.29) is 0 Å². The molecule has 2 N–H and O–H groups in total. The third-order valence-electron chi connectivity index (χ3n) is 2.90. The lowest BCUT2D eigenvalue weighted by Crippen LogP contribution is -2.33. The summed E-state index contributed by atoms with van der Waals surface area (Å²) in [5.74, 6) is 0. The largest absolute Gasteiger partial charge is 0.389 e. The fourth-order valence-corrected chi connectivity index (χ4v) is 2.34. The number of likely N-dealkylation sites (N-methyl/N-ethyl adjacent to an activating group) is 1. The van der Waals surface area contributed by atoms with Crippen molar-refractivity contribution in [2.24, 2.45) is 0 Å². The van der Waals surface area contributed by atoms with E-state index < -0.39 is 12.2 Å². The number of methoxy groups -OCH3 is 1. The summed E-state index contributed by atoms with van der Waals surface area (Å²) in [6.07, 6.45) is -0.343. The topological polar surface area (TPSA) is 52.9 Å². The molecule has 0 aliphatic carbocycles. The number of aliphatic hydroxyl groups excluding tert-OH is 2. The Kier molecular flexibility index (Phi) is 7.56. The predicted octanol–water partition coefficient (Wildman–Crippen LogP) is 1.81. The molecule has 0 fully saturated rings. The monoisotopic (exact) mass is 331 g/mol. The predicted molar refractivity (Wildman–Crippen MR) is 79.1 cm³/mol. The van der Waals surface area contributed by atoms with Gasteiger partial charge in [0.2, 0.25) is 0 Å². The highest BCUT2D eigenvalue weighted by atomic mass is 79.9. The zero-order valence-electron chi connectivity index (χ0n) is 11.4. The standard InChI is InChI=1S/C14H22BrNO3/c1-16(9-13(17)10-19-2)7-6-14(18)11-4-3-5-12(15)8-11/h3-5,8,13-14,17-18H,6-7,9-10H2,1-2H3. The first-order chi connectivity index (χ1) is 9.02. The van der Waals surface area contributed by atoms with Gasteiger partial charge in [0.25, 0.3) is 0 Å². The Bertz CT molecular complexity index is 375. The molecule has 2 unspecified atom stereocenters. The normalized spacial score (nSPS) is 14.6. The second kappa shape index (κ2) is 8.66. The van der Waals surface area contributed by atoms with E-state index in [1.807, 2.05) is 36.2 Å². The van der Waals surface area contributed by atoms with Crippen LogP contribution in [0.4, 0.5) is 0 Å². The van der Waals surface area contributed by atoms with Crippen molar-refractivity contribution >= 4 is 15.9 Å². The Balaban J connectivity index is 2.35. The molecule has 2 atom stereocenters. The molecule has 0 aliphatic heterocycles. The highest BCUT2D eigenvalue weighted by Gasteiger charge is 2.12. The molecule has 1 rings (SSSR count). The van der Waals surface area contributed by atoms with Gasteiger partial charge in [-0.05, 0) is 31.2 Å². The number of benzene rings is 1. The summed E-state index contributed by atoms with van der Waals surface area (Å²) >= 11 is 3.39. The number of nitrogens with zero attached hydrogens (tertiary/aromatic N) is 1. The highest BCUT2D eigenvalue weighted by molar-refractivity contribution is 9.10. The molecule has 0 amide bonds. The van der Waals surface area contributed by atoms with E-state index in [0.717, 1.165) is 10.0 Å². The summed E-state index contributed by atoms with van der Waals surface area (Å²) < 4.78 is 5.85. The van der Waals surface area contributed by atoms with Crippen LogP contribution in [0, 0.1) is 0 Å². The Morgan fingerprint density at radius 1 is 1.37 bits per heavy atom. The number of hydrogen-bond donors (Lipinski definition) is 2. The lowest BCUT2D eigenvalue weighted by atomic mass is 10.1. The number of hydrogen-bond acceptors (Lipinski definition) is 4. The average Bonchev–Trinajstić information content (AvgIpc) is 2.36. The van der Waals surface area contributed by atoms with Gasteiger partial charge >= 0.3 is 0 Å². The van der Waals surface area contributed by atoms with Crippen molar-refractivity contribution in [2.45, 2.75) is 18.6 Å². The molecule has 0 spiro atoms. The van der Waals surface area contributed by atoms with Crippen LogP contribution >= 0.6 is 15.9 Å². The Morgan fingerprint density at radius 2 is 2.11 bits per heavy atom. The van der Waals surface area contributed by atoms with Gasteiger partial charge in [0.1, 0.15) is 0 Å². The molecular formula is C14H22BrNO3. The van der Waals surface area contributed by atoms with Gasteiger partial charge in [-0.25, -0.2) is 0 Å². The van der Waals surface area contributed by atoms with Gasteiger partial charge in [-0.15, -0.1) is 0 Å². The number of halogens is 1. The minimum Gasteiger partial charge on any atom is -0.389 e. The van der Waals surface area contributed by atoms with Crippen molar-refractivity contribution in [3.63, 3.8) is 0 Å². The van der Waals surface area contributed by atoms with Crippen LogP contribution in [0.2, 0.25) is 0 Å². The highest BCUT2D eigenvalue weighted by Crippen LogP contribution is 2.20. The van der Waals surface area contributed by atoms with E-state index in [1.165, 1.54) is 0 Å². The third-order valence-corrected chi connectivity index (χ3v) is 3.39. The van der Waals surface area contributed by atoms with Crippen LogP contribution in [0.1, 0.15) is 18.1 Å². The van der Waals surface area contributed by atoms with Crippen LogP contribution in [0.5, 0.6) is 0 Å². The third kappa shape index (κ3) is 6.49. The van der Waals surface area contributed by atoms with Crippen LogP contribution in [0.15, 0.2) is 28.7 Å². The van der Waals surface area contributed by atoms with E-state index in [9.17, 15) is 10.2 Å². The molecule has 0 aromatic heterocycles. The average molecular weight is 332 g/mol. The van der Waals surface area contributed by atoms with Gasteiger partial charge in [0, 0.05) is 24.7 Å². The Hall–Kier alpha value is -0.460. The SMILES string of the molecule is COCC(O)CN(C)CCC(O)c1cccc(Br)c1. The molecule has 19 heavy (non-hydrogen) atoms. The summed E-state index contributed by atoms with van der Waals surface area (Å²) in [6, 6.07) is 7.68. The van der Waals surface area contributed by atoms with Gasteiger partial charge in [-0.3, -0.25) is 0 Å². The minimum atomic E-state index is -0.488. The van der Waals surface area contributed by atoms with Gasteiger partial charge in [-0.2, -0.15) is 0 Å². The second-order valence-electron chi connectivity index (χ2n) is 4.73. The van der Waals surface area contributed by atoms with Crippen molar-refractivity contribution in [3.05, 3.63) is 34.3 Å². The zero-order valence-corrected chi connectivity index (χ0v) is 13.0. The molecule has 0 bridgehead atoms. The van der Waals surface area contributed by atoms with Crippen molar-refractivity contribution in [3.8, 4) is 0 Å². The lowest BCUT2D eigenvalue weighted by molar-refractivity contribution is 0.0398. The molecule has 5 heteroatoms. The minimum absolute atomic E-state index is 0.332. The number of ether oxygens (including phenoxy) is 1. The van der Waals surface area contributed by atoms with E-state index in [1.54, 1.807) is 7.11 Å².